The molecule has 3 aliphatic rings. The Labute approximate surface area is 215 Å². The molecule has 2 aromatic carbocycles. The first-order valence-corrected chi connectivity index (χ1v) is 12.9. The van der Waals surface area contributed by atoms with Crippen molar-refractivity contribution in [3.63, 3.8) is 0 Å². The fraction of sp³-hybridized carbons (Fsp3) is 0.444. The molecule has 0 aromatic heterocycles. The Balaban J connectivity index is 1.37. The van der Waals surface area contributed by atoms with Crippen molar-refractivity contribution in [1.29, 1.82) is 0 Å². The number of hydrogen-bond donors (Lipinski definition) is 0. The van der Waals surface area contributed by atoms with E-state index in [0.29, 0.717) is 43.5 Å². The van der Waals surface area contributed by atoms with Crippen LogP contribution in [0.15, 0.2) is 53.6 Å². The Kier molecular flexibility index (Phi) is 7.65. The van der Waals surface area contributed by atoms with E-state index in [2.05, 4.69) is 10.0 Å². The SMILES string of the molecule is O=C(C1CC1)N(CCN1CCOCC1)CC(=O)N1N=C(c2ccc(F)cc2)C[C@H]1c1ccccc1Cl. The Morgan fingerprint density at radius 1 is 1.08 bits per heavy atom. The third-order valence-electron chi connectivity index (χ3n) is 6.96. The van der Waals surface area contributed by atoms with E-state index in [9.17, 15) is 14.0 Å². The van der Waals surface area contributed by atoms with Crippen molar-refractivity contribution in [2.24, 2.45) is 11.0 Å². The number of carbonyl (C=O) groups is 2. The molecule has 1 saturated heterocycles. The number of carbonyl (C=O) groups excluding carboxylic acids is 2. The molecule has 2 amide bonds. The quantitative estimate of drug-likeness (QED) is 0.540. The van der Waals surface area contributed by atoms with Crippen LogP contribution in [0, 0.1) is 11.7 Å². The van der Waals surface area contributed by atoms with Crippen LogP contribution >= 0.6 is 11.6 Å². The minimum Gasteiger partial charge on any atom is -0.379 e. The van der Waals surface area contributed by atoms with Crippen LogP contribution in [0.5, 0.6) is 0 Å². The molecule has 1 atom stereocenters. The first-order valence-electron chi connectivity index (χ1n) is 12.5. The van der Waals surface area contributed by atoms with Gasteiger partial charge in [-0.2, -0.15) is 5.10 Å². The predicted molar refractivity (Wildman–Crippen MR) is 135 cm³/mol. The van der Waals surface area contributed by atoms with Crippen LogP contribution in [0.3, 0.4) is 0 Å². The fourth-order valence-electron chi connectivity index (χ4n) is 4.72. The summed E-state index contributed by atoms with van der Waals surface area (Å²) in [5, 5.41) is 6.67. The molecule has 1 saturated carbocycles. The molecule has 0 radical (unpaired) electrons. The largest absolute Gasteiger partial charge is 0.379 e. The average Bonchev–Trinajstić information content (AvgIpc) is 3.66. The van der Waals surface area contributed by atoms with Gasteiger partial charge in [0.05, 0.1) is 25.0 Å². The predicted octanol–water partition coefficient (Wildman–Crippen LogP) is 3.73. The minimum absolute atomic E-state index is 0.0127. The summed E-state index contributed by atoms with van der Waals surface area (Å²) in [6.07, 6.45) is 2.20. The summed E-state index contributed by atoms with van der Waals surface area (Å²) in [7, 11) is 0. The molecule has 0 unspecified atom stereocenters. The molecule has 1 aliphatic carbocycles. The van der Waals surface area contributed by atoms with Gasteiger partial charge in [-0.3, -0.25) is 14.5 Å². The summed E-state index contributed by atoms with van der Waals surface area (Å²) in [6, 6.07) is 13.1. The van der Waals surface area contributed by atoms with E-state index in [-0.39, 0.29) is 30.1 Å². The van der Waals surface area contributed by atoms with Gasteiger partial charge in [0.2, 0.25) is 5.91 Å². The second-order valence-corrected chi connectivity index (χ2v) is 9.93. The van der Waals surface area contributed by atoms with Gasteiger partial charge in [0.1, 0.15) is 12.4 Å². The van der Waals surface area contributed by atoms with Gasteiger partial charge in [0.15, 0.2) is 0 Å². The van der Waals surface area contributed by atoms with Crippen molar-refractivity contribution in [2.75, 3.05) is 45.9 Å². The van der Waals surface area contributed by atoms with E-state index in [4.69, 9.17) is 16.3 Å². The zero-order valence-corrected chi connectivity index (χ0v) is 20.9. The lowest BCUT2D eigenvalue weighted by molar-refractivity contribution is -0.142. The van der Waals surface area contributed by atoms with E-state index in [1.807, 2.05) is 18.2 Å². The normalized spacial score (nSPS) is 20.3. The van der Waals surface area contributed by atoms with E-state index in [1.54, 1.807) is 23.1 Å². The maximum absolute atomic E-state index is 13.7. The number of hydrazone groups is 1. The van der Waals surface area contributed by atoms with Crippen LogP contribution in [-0.2, 0) is 14.3 Å². The van der Waals surface area contributed by atoms with E-state index in [0.717, 1.165) is 37.1 Å². The molecule has 36 heavy (non-hydrogen) atoms. The highest BCUT2D eigenvalue weighted by atomic mass is 35.5. The number of benzene rings is 2. The van der Waals surface area contributed by atoms with E-state index >= 15 is 0 Å². The summed E-state index contributed by atoms with van der Waals surface area (Å²) in [4.78, 5) is 30.7. The summed E-state index contributed by atoms with van der Waals surface area (Å²) < 4.78 is 18.9. The molecule has 7 nitrogen and oxygen atoms in total. The summed E-state index contributed by atoms with van der Waals surface area (Å²) in [5.41, 5.74) is 2.23. The van der Waals surface area contributed by atoms with Crippen molar-refractivity contribution < 1.29 is 18.7 Å². The third kappa shape index (κ3) is 5.77. The maximum atomic E-state index is 13.7. The Hall–Kier alpha value is -2.81. The Bertz CT molecular complexity index is 1130. The first-order chi connectivity index (χ1) is 17.5. The van der Waals surface area contributed by atoms with Gasteiger partial charge >= 0.3 is 0 Å². The Morgan fingerprint density at radius 2 is 1.81 bits per heavy atom. The summed E-state index contributed by atoms with van der Waals surface area (Å²) in [5.74, 6) is -0.540. The third-order valence-corrected chi connectivity index (χ3v) is 7.31. The highest BCUT2D eigenvalue weighted by Crippen LogP contribution is 2.37. The van der Waals surface area contributed by atoms with Crippen molar-refractivity contribution in [3.05, 3.63) is 70.5 Å². The van der Waals surface area contributed by atoms with Gasteiger partial charge in [-0.15, -0.1) is 0 Å². The lowest BCUT2D eigenvalue weighted by Crippen LogP contribution is -2.47. The van der Waals surface area contributed by atoms with Crippen LogP contribution < -0.4 is 0 Å². The van der Waals surface area contributed by atoms with Crippen LogP contribution in [0.1, 0.15) is 36.4 Å². The molecule has 0 spiro atoms. The number of halogens is 2. The monoisotopic (exact) mass is 512 g/mol. The van der Waals surface area contributed by atoms with Gasteiger partial charge in [-0.05, 0) is 42.2 Å². The molecule has 5 rings (SSSR count). The van der Waals surface area contributed by atoms with Crippen molar-refractivity contribution in [2.45, 2.75) is 25.3 Å². The van der Waals surface area contributed by atoms with Gasteiger partial charge in [0, 0.05) is 43.5 Å². The van der Waals surface area contributed by atoms with Gasteiger partial charge < -0.3 is 9.64 Å². The molecule has 2 fully saturated rings. The van der Waals surface area contributed by atoms with Crippen LogP contribution in [0.4, 0.5) is 4.39 Å². The number of amides is 2. The van der Waals surface area contributed by atoms with Crippen LogP contribution in [-0.4, -0.2) is 78.3 Å². The van der Waals surface area contributed by atoms with Crippen molar-refractivity contribution >= 4 is 29.1 Å². The second kappa shape index (κ2) is 11.1. The standard InChI is InChI=1S/C27H30ClFN4O3/c28-23-4-2-1-3-22(23)25-17-24(19-7-9-21(29)10-8-19)30-33(25)26(34)18-32(27(35)20-5-6-20)12-11-31-13-15-36-16-14-31/h1-4,7-10,20,25H,5-6,11-18H2/t25-/m0/s1. The number of ether oxygens (including phenoxy) is 1. The smallest absolute Gasteiger partial charge is 0.262 e. The number of rotatable bonds is 8. The molecule has 0 bridgehead atoms. The highest BCUT2D eigenvalue weighted by molar-refractivity contribution is 6.31. The molecule has 2 heterocycles. The lowest BCUT2D eigenvalue weighted by Gasteiger charge is -2.31. The topological polar surface area (TPSA) is 65.5 Å². The zero-order chi connectivity index (χ0) is 25.1. The fourth-order valence-corrected chi connectivity index (χ4v) is 4.98. The number of morpholine rings is 1. The lowest BCUT2D eigenvalue weighted by atomic mass is 9.98. The molecular formula is C27H30ClFN4O3. The summed E-state index contributed by atoms with van der Waals surface area (Å²) >= 11 is 6.51. The maximum Gasteiger partial charge on any atom is 0.262 e. The average molecular weight is 513 g/mol. The minimum atomic E-state index is -0.400. The first kappa shape index (κ1) is 24.9. The van der Waals surface area contributed by atoms with Gasteiger partial charge in [-0.25, -0.2) is 9.40 Å². The number of nitrogens with zero attached hydrogens (tertiary/aromatic N) is 4. The molecule has 190 valence electrons. The van der Waals surface area contributed by atoms with Gasteiger partial charge in [-0.1, -0.05) is 41.9 Å². The summed E-state index contributed by atoms with van der Waals surface area (Å²) in [6.45, 7) is 4.17. The molecule has 0 N–H and O–H groups in total. The molecular weight excluding hydrogens is 483 g/mol. The van der Waals surface area contributed by atoms with Gasteiger partial charge in [0.25, 0.3) is 5.91 Å². The molecule has 2 aliphatic heterocycles. The highest BCUT2D eigenvalue weighted by Gasteiger charge is 2.38. The Morgan fingerprint density at radius 3 is 2.50 bits per heavy atom. The second-order valence-electron chi connectivity index (χ2n) is 9.52. The van der Waals surface area contributed by atoms with Crippen LogP contribution in [0.2, 0.25) is 5.02 Å². The van der Waals surface area contributed by atoms with Crippen molar-refractivity contribution in [1.82, 2.24) is 14.8 Å². The molecule has 2 aromatic rings. The number of hydrogen-bond acceptors (Lipinski definition) is 5. The van der Waals surface area contributed by atoms with E-state index < -0.39 is 6.04 Å². The van der Waals surface area contributed by atoms with Crippen molar-refractivity contribution in [3.8, 4) is 0 Å². The molecule has 9 heteroatoms. The van der Waals surface area contributed by atoms with E-state index in [1.165, 1.54) is 17.1 Å². The zero-order valence-electron chi connectivity index (χ0n) is 20.1. The van der Waals surface area contributed by atoms with Crippen LogP contribution in [0.25, 0.3) is 0 Å².